The summed E-state index contributed by atoms with van der Waals surface area (Å²) in [5.74, 6) is -1.56. The number of nitrogens with zero attached hydrogens (tertiary/aromatic N) is 9. The molecule has 0 radical (unpaired) electrons. The van der Waals surface area contributed by atoms with Gasteiger partial charge in [0, 0.05) is 119 Å². The molecule has 133 heavy (non-hydrogen) atoms. The van der Waals surface area contributed by atoms with Crippen LogP contribution < -0.4 is 28.9 Å². The van der Waals surface area contributed by atoms with Gasteiger partial charge in [-0.05, 0) is 247 Å². The molecular formula is C102H104F7N9O15. The number of rotatable bonds is 25. The molecule has 7 atom stereocenters. The topological polar surface area (TPSA) is 244 Å². The Balaban J connectivity index is 0.000000145. The van der Waals surface area contributed by atoms with Crippen molar-refractivity contribution in [1.29, 1.82) is 0 Å². The fourth-order valence-electron chi connectivity index (χ4n) is 19.0. The largest absolute Gasteiger partial charge is 0.496 e. The van der Waals surface area contributed by atoms with Crippen molar-refractivity contribution in [3.8, 4) is 61.8 Å². The van der Waals surface area contributed by atoms with Crippen LogP contribution in [-0.2, 0) is 64.1 Å². The zero-order valence-electron chi connectivity index (χ0n) is 75.6. The molecule has 24 nitrogen and oxygen atoms in total. The van der Waals surface area contributed by atoms with Crippen LogP contribution in [0.1, 0.15) is 182 Å². The molecule has 1 saturated carbocycles. The van der Waals surface area contributed by atoms with E-state index in [2.05, 4.69) is 32.9 Å². The minimum absolute atomic E-state index is 0.00797. The number of amides is 3. The van der Waals surface area contributed by atoms with Gasteiger partial charge in [-0.15, -0.1) is 0 Å². The summed E-state index contributed by atoms with van der Waals surface area (Å²) in [5, 5.41) is 0. The molecule has 8 aliphatic rings. The number of carbonyl (C=O) groups excluding carboxylic acids is 6. The highest BCUT2D eigenvalue weighted by Crippen LogP contribution is 2.49. The Hall–Kier alpha value is -13.5. The van der Waals surface area contributed by atoms with Crippen molar-refractivity contribution in [2.45, 2.75) is 167 Å². The molecule has 2 aliphatic carbocycles. The number of anilines is 3. The van der Waals surface area contributed by atoms with Gasteiger partial charge in [0.1, 0.15) is 93.7 Å². The Morgan fingerprint density at radius 2 is 0.835 bits per heavy atom. The molecule has 18 rings (SSSR count). The van der Waals surface area contributed by atoms with Crippen molar-refractivity contribution in [3.05, 3.63) is 254 Å². The first-order valence-corrected chi connectivity index (χ1v) is 44.8. The van der Waals surface area contributed by atoms with Crippen LogP contribution in [0.4, 0.5) is 62.6 Å². The van der Waals surface area contributed by atoms with E-state index in [-0.39, 0.29) is 71.4 Å². The van der Waals surface area contributed by atoms with Crippen LogP contribution in [0.3, 0.4) is 0 Å². The molecule has 7 aromatic carbocycles. The first-order valence-electron chi connectivity index (χ1n) is 44.8. The van der Waals surface area contributed by atoms with Crippen molar-refractivity contribution in [2.24, 2.45) is 5.92 Å². The summed E-state index contributed by atoms with van der Waals surface area (Å²) in [4.78, 5) is 102. The highest BCUT2D eigenvalue weighted by molar-refractivity contribution is 5.91. The summed E-state index contributed by atoms with van der Waals surface area (Å²) in [5.41, 5.74) is 12.3. The van der Waals surface area contributed by atoms with Crippen LogP contribution in [0.25, 0.3) is 44.5 Å². The van der Waals surface area contributed by atoms with E-state index < -0.39 is 101 Å². The van der Waals surface area contributed by atoms with Crippen LogP contribution in [0.15, 0.2) is 152 Å². The Morgan fingerprint density at radius 1 is 0.421 bits per heavy atom. The predicted octanol–water partition coefficient (Wildman–Crippen LogP) is 20.3. The minimum atomic E-state index is -0.900. The molecule has 31 heteroatoms. The quantitative estimate of drug-likeness (QED) is 0.0293. The van der Waals surface area contributed by atoms with Crippen molar-refractivity contribution < 1.29 is 102 Å². The number of aromatic nitrogens is 3. The van der Waals surface area contributed by atoms with E-state index in [1.54, 1.807) is 76.0 Å². The lowest BCUT2D eigenvalue weighted by Gasteiger charge is -2.33. The summed E-state index contributed by atoms with van der Waals surface area (Å²) >= 11 is 0. The number of benzene rings is 7. The molecule has 3 amide bonds. The van der Waals surface area contributed by atoms with E-state index in [9.17, 15) is 55.1 Å². The molecule has 7 fully saturated rings. The van der Waals surface area contributed by atoms with Gasteiger partial charge < -0.3 is 57.3 Å². The summed E-state index contributed by atoms with van der Waals surface area (Å²) in [6.07, 6.45) is 4.15. The average molecular weight is 1830 g/mol. The summed E-state index contributed by atoms with van der Waals surface area (Å²) < 4.78 is 149. The number of halogens is 7. The second-order valence-corrected chi connectivity index (χ2v) is 34.7. The van der Waals surface area contributed by atoms with Gasteiger partial charge in [0.05, 0.1) is 115 Å². The van der Waals surface area contributed by atoms with Crippen LogP contribution in [0, 0.1) is 53.6 Å². The monoisotopic (exact) mass is 1830 g/mol. The van der Waals surface area contributed by atoms with Crippen LogP contribution >= 0.6 is 0 Å². The summed E-state index contributed by atoms with van der Waals surface area (Å²) in [6.45, 7) is 14.9. The second kappa shape index (κ2) is 39.9. The number of ether oxygens (including phenoxy) is 9. The lowest BCUT2D eigenvalue weighted by molar-refractivity contribution is -0.146. The molecule has 6 saturated heterocycles. The lowest BCUT2D eigenvalue weighted by atomic mass is 9.78. The number of aryl methyl sites for hydroxylation is 2. The minimum Gasteiger partial charge on any atom is -0.496 e. The smallest absolute Gasteiger partial charge is 0.411 e. The van der Waals surface area contributed by atoms with E-state index in [0.29, 0.717) is 75.3 Å². The van der Waals surface area contributed by atoms with E-state index in [1.807, 2.05) is 55.5 Å². The first-order chi connectivity index (χ1) is 64.1. The molecule has 6 aliphatic heterocycles. The maximum Gasteiger partial charge on any atom is 0.411 e. The van der Waals surface area contributed by atoms with Crippen LogP contribution in [0.2, 0.25) is 0 Å². The third kappa shape index (κ3) is 19.7. The normalized spacial score (nSPS) is 20.5. The lowest BCUT2D eigenvalue weighted by Crippen LogP contribution is -2.38. The molecule has 696 valence electrons. The van der Waals surface area contributed by atoms with E-state index in [4.69, 9.17) is 57.6 Å². The van der Waals surface area contributed by atoms with Gasteiger partial charge >= 0.3 is 36.2 Å². The number of pyridine rings is 3. The Labute approximate surface area is 766 Å². The predicted molar refractivity (Wildman–Crippen MR) is 481 cm³/mol. The summed E-state index contributed by atoms with van der Waals surface area (Å²) in [6, 6.07) is 37.7. The standard InChI is InChI=1S/C35H32F3N3O5.C34H37F2N3O5.C33H35F2N3O5/c1-19-12-21(34(42)45-4)6-7-25(19)27-16-28(31(44-3)17-29(27)38)26-8-9-32(40-10-5-11-40)39-30(26)18-41-20(2)33(46-35(41)43)22-13-23(36)15-24(37)14-22;1-20-32(24-15-25(35)18-26(36)16-24)44-34(41)39(20)19-29-27(10-12-31(37-29)38-13-4-14-38)28-17-23(9-11-30(28)42-2)21-5-7-22(8-6-21)33(40)43-3;1-4-42-31(39)15-21-7-6-20-14-29(41-3)27(17-26(20)21)25-8-9-30(37-10-5-11-37)36-28(25)18-38-19(2)32(43-33(38)40)22-12-23(34)16-24(35)13-22/h6-9,12-17,20,33H,5,10-11,18H2,1-4H3;9-12,15-18,20-22,32H,4-8,13-14,19H2,1-3H3;8-9,12-14,16-17,19,21,32H,4-7,10-11,15,18H2,1-3H3/t20-,33-;20-,21?,22?,32-;19-,21-,32-/m000/s1. The number of cyclic esters (lactones) is 3. The third-order valence-corrected chi connectivity index (χ3v) is 26.6. The van der Waals surface area contributed by atoms with Gasteiger partial charge in [-0.2, -0.15) is 0 Å². The average Bonchev–Trinajstić information content (AvgIpc) is 1.68. The first kappa shape index (κ1) is 92.8. The molecule has 0 bridgehead atoms. The van der Waals surface area contributed by atoms with Crippen molar-refractivity contribution in [1.82, 2.24) is 29.7 Å². The zero-order chi connectivity index (χ0) is 93.9. The number of methoxy groups -OCH3 is 5. The van der Waals surface area contributed by atoms with Gasteiger partial charge in [-0.1, -0.05) is 12.1 Å². The SMILES string of the molecule is CCOC(=O)C[C@@H]1CCc2cc(OC)c(-c3ccc(N4CCC4)nc3CN3C(=O)O[C@H](c4cc(F)cc(F)c4)[C@@H]3C)cc21.COC(=O)C1CCC(c2ccc(OC)c(-c3ccc(N4CCC4)nc3CN3C(=O)O[C@H](c4cc(F)cc(F)c4)[C@@H]3C)c2)CC1.COC(=O)c1ccc(-c2cc(-c3ccc(N4CCC4)nc3CN3C(=O)O[C@H](c4cc(F)cc(F)c4)[C@@H]3C)c(OC)cc2F)c(C)c1. The fourth-order valence-corrected chi connectivity index (χ4v) is 19.0. The molecule has 0 spiro atoms. The van der Waals surface area contributed by atoms with Gasteiger partial charge in [-0.25, -0.2) is 64.9 Å². The van der Waals surface area contributed by atoms with Crippen molar-refractivity contribution >= 4 is 53.6 Å². The number of hydrogen-bond donors (Lipinski definition) is 0. The van der Waals surface area contributed by atoms with Gasteiger partial charge in [0.25, 0.3) is 0 Å². The Bertz CT molecular complexity index is 6050. The number of carbonyl (C=O) groups is 6. The molecule has 0 N–H and O–H groups in total. The highest BCUT2D eigenvalue weighted by atomic mass is 19.2. The maximum absolute atomic E-state index is 15.6. The van der Waals surface area contributed by atoms with Gasteiger partial charge in [0.2, 0.25) is 0 Å². The van der Waals surface area contributed by atoms with E-state index >= 15 is 4.39 Å². The van der Waals surface area contributed by atoms with E-state index in [1.165, 1.54) is 56.6 Å². The van der Waals surface area contributed by atoms with Crippen molar-refractivity contribution in [2.75, 3.05) is 96.1 Å². The van der Waals surface area contributed by atoms with Gasteiger partial charge in [0.15, 0.2) is 0 Å². The van der Waals surface area contributed by atoms with Crippen LogP contribution in [-0.4, -0.2) is 165 Å². The molecule has 3 aromatic heterocycles. The molecule has 10 aromatic rings. The number of hydrogen-bond acceptors (Lipinski definition) is 21. The number of fused-ring (bicyclic) bond motifs is 1. The van der Waals surface area contributed by atoms with Gasteiger partial charge in [-0.3, -0.25) is 24.3 Å². The molecule has 0 unspecified atom stereocenters. The highest BCUT2D eigenvalue weighted by Gasteiger charge is 2.45. The number of esters is 3. The van der Waals surface area contributed by atoms with E-state index in [0.717, 1.165) is 184 Å². The second-order valence-electron chi connectivity index (χ2n) is 34.7. The Morgan fingerprint density at radius 3 is 1.23 bits per heavy atom. The fraction of sp³-hybridized carbons (Fsp3) is 0.382. The summed E-state index contributed by atoms with van der Waals surface area (Å²) in [7, 11) is 7.43. The van der Waals surface area contributed by atoms with Crippen LogP contribution in [0.5, 0.6) is 17.2 Å². The molecule has 9 heterocycles. The van der Waals surface area contributed by atoms with Crippen molar-refractivity contribution in [3.63, 3.8) is 0 Å². The molecular weight excluding hydrogens is 1720 g/mol. The Kier molecular flexibility index (Phi) is 27.8. The third-order valence-electron chi connectivity index (χ3n) is 26.6. The zero-order valence-corrected chi connectivity index (χ0v) is 75.6. The maximum atomic E-state index is 15.6.